The second-order valence-electron chi connectivity index (χ2n) is 2.97. The molecular formula is C7H12ClN3O2. The Balaban J connectivity index is 0.000000845. The number of nitrogens with one attached hydrogen (secondary N) is 2. The van der Waals surface area contributed by atoms with Crippen LogP contribution in [0.25, 0.3) is 0 Å². The highest BCUT2D eigenvalue weighted by Crippen LogP contribution is 2.04. The van der Waals surface area contributed by atoms with Crippen molar-refractivity contribution < 1.29 is 9.63 Å². The van der Waals surface area contributed by atoms with Crippen molar-refractivity contribution in [3.63, 3.8) is 0 Å². The molecule has 74 valence electrons. The lowest BCUT2D eigenvalue weighted by Gasteiger charge is -2.25. The molecule has 0 unspecified atom stereocenters. The molecule has 6 heteroatoms. The summed E-state index contributed by atoms with van der Waals surface area (Å²) in [6.07, 6.45) is 0.714. The highest BCUT2D eigenvalue weighted by atomic mass is 35.5. The molecule has 0 aromatic carbocycles. The minimum atomic E-state index is 0. The van der Waals surface area contributed by atoms with Crippen LogP contribution in [0.4, 0.5) is 0 Å². The number of hydrogen-bond acceptors (Lipinski definition) is 4. The number of carbonyl (C=O) groups is 1. The van der Waals surface area contributed by atoms with Gasteiger partial charge in [-0.05, 0) is 0 Å². The Morgan fingerprint density at radius 3 is 2.85 bits per heavy atom. The van der Waals surface area contributed by atoms with Crippen molar-refractivity contribution in [3.8, 4) is 0 Å². The number of amides is 1. The van der Waals surface area contributed by atoms with Crippen LogP contribution in [0.1, 0.15) is 6.42 Å². The van der Waals surface area contributed by atoms with Gasteiger partial charge in [-0.15, -0.1) is 12.4 Å². The summed E-state index contributed by atoms with van der Waals surface area (Å²) >= 11 is 0. The Morgan fingerprint density at radius 2 is 2.38 bits per heavy atom. The predicted octanol–water partition coefficient (Wildman–Crippen LogP) is -0.522. The van der Waals surface area contributed by atoms with Crippen molar-refractivity contribution in [2.75, 3.05) is 19.7 Å². The van der Waals surface area contributed by atoms with Gasteiger partial charge < -0.3 is 15.5 Å². The number of amidine groups is 1. The molecule has 1 amide bonds. The van der Waals surface area contributed by atoms with E-state index in [2.05, 4.69) is 15.8 Å². The van der Waals surface area contributed by atoms with Gasteiger partial charge in [-0.3, -0.25) is 4.79 Å². The summed E-state index contributed by atoms with van der Waals surface area (Å²) in [6, 6.07) is 0. The molecule has 2 N–H and O–H groups in total. The summed E-state index contributed by atoms with van der Waals surface area (Å²) in [4.78, 5) is 16.0. The van der Waals surface area contributed by atoms with Gasteiger partial charge in [0.1, 0.15) is 6.61 Å². The second kappa shape index (κ2) is 4.43. The maximum atomic E-state index is 11.3. The zero-order chi connectivity index (χ0) is 8.39. The first kappa shape index (κ1) is 10.3. The summed E-state index contributed by atoms with van der Waals surface area (Å²) in [5, 5.41) is 9.44. The largest absolute Gasteiger partial charge is 0.394 e. The van der Waals surface area contributed by atoms with Gasteiger partial charge >= 0.3 is 0 Å². The molecule has 0 saturated carbocycles. The number of nitrogens with zero attached hydrogens (tertiary/aromatic N) is 1. The van der Waals surface area contributed by atoms with E-state index >= 15 is 0 Å². The first-order valence-corrected chi connectivity index (χ1v) is 4.06. The van der Waals surface area contributed by atoms with Crippen molar-refractivity contribution >= 4 is 24.1 Å². The molecule has 2 aliphatic rings. The van der Waals surface area contributed by atoms with Crippen LogP contribution in [0.3, 0.4) is 0 Å². The first-order valence-electron chi connectivity index (χ1n) is 4.06. The maximum absolute atomic E-state index is 11.3. The molecule has 1 saturated heterocycles. The number of hydrogen-bond donors (Lipinski definition) is 2. The Bertz CT molecular complexity index is 228. The van der Waals surface area contributed by atoms with E-state index in [0.29, 0.717) is 18.9 Å². The highest BCUT2D eigenvalue weighted by Gasteiger charge is 2.26. The van der Waals surface area contributed by atoms with Gasteiger partial charge in [-0.1, -0.05) is 5.16 Å². The Labute approximate surface area is 82.3 Å². The van der Waals surface area contributed by atoms with E-state index in [1.54, 1.807) is 0 Å². The Morgan fingerprint density at radius 1 is 1.62 bits per heavy atom. The number of oxime groups is 1. The normalized spacial score (nSPS) is 20.8. The molecule has 5 nitrogen and oxygen atoms in total. The van der Waals surface area contributed by atoms with Crippen molar-refractivity contribution in [1.29, 1.82) is 0 Å². The van der Waals surface area contributed by atoms with Crippen molar-refractivity contribution in [2.45, 2.75) is 6.42 Å². The van der Waals surface area contributed by atoms with Crippen LogP contribution in [-0.2, 0) is 9.63 Å². The third kappa shape index (κ3) is 2.32. The monoisotopic (exact) mass is 205 g/mol. The van der Waals surface area contributed by atoms with Crippen molar-refractivity contribution in [3.05, 3.63) is 0 Å². The van der Waals surface area contributed by atoms with Gasteiger partial charge in [0, 0.05) is 19.5 Å². The molecule has 0 aromatic heterocycles. The van der Waals surface area contributed by atoms with Crippen LogP contribution in [0.2, 0.25) is 0 Å². The standard InChI is InChI=1S/C7H11N3O2.ClH/c11-7(5-3-8-4-5)9-6-1-2-12-10-6;/h5,8H,1-4H2,(H,9,10,11);1H. The number of rotatable bonds is 1. The van der Waals surface area contributed by atoms with Crippen LogP contribution in [0, 0.1) is 5.92 Å². The van der Waals surface area contributed by atoms with Gasteiger partial charge in [-0.2, -0.15) is 0 Å². The van der Waals surface area contributed by atoms with Gasteiger partial charge in [0.2, 0.25) is 5.91 Å². The Hall–Kier alpha value is -0.810. The smallest absolute Gasteiger partial charge is 0.231 e. The lowest BCUT2D eigenvalue weighted by molar-refractivity contribution is -0.124. The molecule has 2 rings (SSSR count). The van der Waals surface area contributed by atoms with Crippen molar-refractivity contribution in [1.82, 2.24) is 10.6 Å². The van der Waals surface area contributed by atoms with Gasteiger partial charge in [-0.25, -0.2) is 0 Å². The second-order valence-corrected chi connectivity index (χ2v) is 2.97. The first-order chi connectivity index (χ1) is 5.86. The molecular weight excluding hydrogens is 194 g/mol. The Kier molecular flexibility index (Phi) is 3.50. The zero-order valence-electron chi connectivity index (χ0n) is 7.08. The van der Waals surface area contributed by atoms with Gasteiger partial charge in [0.15, 0.2) is 5.84 Å². The fraction of sp³-hybridized carbons (Fsp3) is 0.714. The van der Waals surface area contributed by atoms with E-state index in [9.17, 15) is 4.79 Å². The van der Waals surface area contributed by atoms with Crippen LogP contribution in [0.5, 0.6) is 0 Å². The maximum Gasteiger partial charge on any atom is 0.231 e. The third-order valence-corrected chi connectivity index (χ3v) is 2.02. The van der Waals surface area contributed by atoms with Crippen LogP contribution >= 0.6 is 12.4 Å². The predicted molar refractivity (Wildman–Crippen MR) is 49.8 cm³/mol. The average Bonchev–Trinajstić information content (AvgIpc) is 2.34. The fourth-order valence-corrected chi connectivity index (χ4v) is 1.12. The molecule has 0 aromatic rings. The van der Waals surface area contributed by atoms with Crippen LogP contribution in [-0.4, -0.2) is 31.4 Å². The average molecular weight is 206 g/mol. The summed E-state index contributed by atoms with van der Waals surface area (Å²) in [5.74, 6) is 0.832. The molecule has 2 heterocycles. The quantitative estimate of drug-likeness (QED) is 0.606. The summed E-state index contributed by atoms with van der Waals surface area (Å²) in [5.41, 5.74) is 0. The topological polar surface area (TPSA) is 62.7 Å². The van der Waals surface area contributed by atoms with Gasteiger partial charge in [0.05, 0.1) is 5.92 Å². The lowest BCUT2D eigenvalue weighted by Crippen LogP contribution is -2.51. The fourth-order valence-electron chi connectivity index (χ4n) is 1.12. The van der Waals surface area contributed by atoms with E-state index in [1.165, 1.54) is 0 Å². The van der Waals surface area contributed by atoms with E-state index in [4.69, 9.17) is 4.84 Å². The highest BCUT2D eigenvalue weighted by molar-refractivity contribution is 5.99. The summed E-state index contributed by atoms with van der Waals surface area (Å²) in [7, 11) is 0. The third-order valence-electron chi connectivity index (χ3n) is 2.02. The van der Waals surface area contributed by atoms with E-state index in [-0.39, 0.29) is 24.2 Å². The molecule has 13 heavy (non-hydrogen) atoms. The van der Waals surface area contributed by atoms with Crippen molar-refractivity contribution in [2.24, 2.45) is 11.1 Å². The molecule has 1 fully saturated rings. The minimum Gasteiger partial charge on any atom is -0.394 e. The molecule has 0 aliphatic carbocycles. The number of halogens is 1. The van der Waals surface area contributed by atoms with E-state index in [1.807, 2.05) is 0 Å². The van der Waals surface area contributed by atoms with E-state index < -0.39 is 0 Å². The van der Waals surface area contributed by atoms with Crippen LogP contribution in [0.15, 0.2) is 5.16 Å². The number of carbonyl (C=O) groups excluding carboxylic acids is 1. The van der Waals surface area contributed by atoms with E-state index in [0.717, 1.165) is 13.1 Å². The van der Waals surface area contributed by atoms with Gasteiger partial charge in [0.25, 0.3) is 0 Å². The molecule has 2 aliphatic heterocycles. The molecule has 0 radical (unpaired) electrons. The molecule has 0 spiro atoms. The minimum absolute atomic E-state index is 0. The molecule has 0 bridgehead atoms. The van der Waals surface area contributed by atoms with Crippen LogP contribution < -0.4 is 10.6 Å². The molecule has 0 atom stereocenters. The lowest BCUT2D eigenvalue weighted by atomic mass is 10.0. The summed E-state index contributed by atoms with van der Waals surface area (Å²) in [6.45, 7) is 2.14. The zero-order valence-corrected chi connectivity index (χ0v) is 7.89. The summed E-state index contributed by atoms with van der Waals surface area (Å²) < 4.78 is 0. The SMILES string of the molecule is Cl.O=C(NC1=NOCC1)C1CNC1.